The molecule has 0 atom stereocenters. The maximum absolute atomic E-state index is 11.7. The van der Waals surface area contributed by atoms with Gasteiger partial charge in [0.1, 0.15) is 0 Å². The van der Waals surface area contributed by atoms with E-state index in [1.165, 1.54) is 30.3 Å². The van der Waals surface area contributed by atoms with E-state index in [2.05, 4.69) is 0 Å². The molecule has 0 radical (unpaired) electrons. The van der Waals surface area contributed by atoms with Crippen LogP contribution in [0.3, 0.4) is 0 Å². The summed E-state index contributed by atoms with van der Waals surface area (Å²) >= 11 is 23.9. The number of rotatable bonds is 2. The van der Waals surface area contributed by atoms with Crippen LogP contribution in [0, 0.1) is 0 Å². The van der Waals surface area contributed by atoms with Crippen molar-refractivity contribution in [3.8, 4) is 11.1 Å². The maximum atomic E-state index is 11.7. The summed E-state index contributed by atoms with van der Waals surface area (Å²) in [6.07, 6.45) is 0. The second-order valence-corrected chi connectivity index (χ2v) is 7.96. The van der Waals surface area contributed by atoms with Crippen molar-refractivity contribution in [3.63, 3.8) is 0 Å². The summed E-state index contributed by atoms with van der Waals surface area (Å²) in [4.78, 5) is -0.183. The van der Waals surface area contributed by atoms with Gasteiger partial charge in [-0.1, -0.05) is 52.5 Å². The zero-order valence-corrected chi connectivity index (χ0v) is 14.1. The summed E-state index contributed by atoms with van der Waals surface area (Å²) < 4.78 is 23.3. The smallest absolute Gasteiger partial charge is 0.207 e. The number of hydrogen-bond acceptors (Lipinski definition) is 2. The second kappa shape index (κ2) is 5.91. The molecule has 0 aliphatic heterocycles. The van der Waals surface area contributed by atoms with Gasteiger partial charge in [0.15, 0.2) is 0 Å². The minimum Gasteiger partial charge on any atom is -0.207 e. The van der Waals surface area contributed by atoms with E-state index >= 15 is 0 Å². The van der Waals surface area contributed by atoms with Gasteiger partial charge in [-0.2, -0.15) is 0 Å². The molecular weight excluding hydrogens is 385 g/mol. The fourth-order valence-electron chi connectivity index (χ4n) is 1.68. The van der Waals surface area contributed by atoms with Crippen LogP contribution in [0.5, 0.6) is 0 Å². The quantitative estimate of drug-likeness (QED) is 0.473. The van der Waals surface area contributed by atoms with Gasteiger partial charge >= 0.3 is 0 Å². The van der Waals surface area contributed by atoms with E-state index in [1.54, 1.807) is 0 Å². The van der Waals surface area contributed by atoms with Crippen molar-refractivity contribution in [1.82, 2.24) is 0 Å². The number of hydrogen-bond donors (Lipinski definition) is 0. The van der Waals surface area contributed by atoms with Crippen molar-refractivity contribution >= 4 is 66.1 Å². The number of halogens is 5. The summed E-state index contributed by atoms with van der Waals surface area (Å²) in [5.41, 5.74) is 0.527. The van der Waals surface area contributed by atoms with Gasteiger partial charge < -0.3 is 0 Å². The molecule has 106 valence electrons. The topological polar surface area (TPSA) is 34.1 Å². The fourth-order valence-corrected chi connectivity index (χ4v) is 3.73. The molecule has 2 aromatic rings. The molecule has 0 saturated carbocycles. The summed E-state index contributed by atoms with van der Waals surface area (Å²) in [6, 6.07) is 7.24. The Morgan fingerprint density at radius 1 is 0.850 bits per heavy atom. The molecule has 0 aliphatic carbocycles. The monoisotopic (exact) mass is 388 g/mol. The third-order valence-electron chi connectivity index (χ3n) is 2.52. The van der Waals surface area contributed by atoms with Gasteiger partial charge in [-0.3, -0.25) is 0 Å². The molecule has 0 heterocycles. The van der Waals surface area contributed by atoms with Gasteiger partial charge in [0.25, 0.3) is 9.05 Å². The third kappa shape index (κ3) is 3.19. The Bertz CT molecular complexity index is 787. The number of benzene rings is 2. The zero-order chi connectivity index (χ0) is 15.1. The Balaban J connectivity index is 2.88. The highest BCUT2D eigenvalue weighted by Crippen LogP contribution is 2.42. The molecule has 0 spiro atoms. The predicted octanol–water partition coefficient (Wildman–Crippen LogP) is 5.89. The van der Waals surface area contributed by atoms with E-state index in [9.17, 15) is 8.42 Å². The van der Waals surface area contributed by atoms with E-state index in [0.717, 1.165) is 0 Å². The van der Waals surface area contributed by atoms with E-state index < -0.39 is 9.05 Å². The zero-order valence-electron chi connectivity index (χ0n) is 9.50. The highest BCUT2D eigenvalue weighted by atomic mass is 35.7. The Labute approximate surface area is 140 Å². The molecule has 0 aromatic heterocycles. The minimum atomic E-state index is -4.02. The lowest BCUT2D eigenvalue weighted by Crippen LogP contribution is -1.96. The lowest BCUT2D eigenvalue weighted by molar-refractivity contribution is 0.610. The molecule has 2 nitrogen and oxygen atoms in total. The van der Waals surface area contributed by atoms with Crippen LogP contribution in [-0.2, 0) is 9.05 Å². The van der Waals surface area contributed by atoms with E-state index in [1.807, 2.05) is 0 Å². The van der Waals surface area contributed by atoms with Crippen molar-refractivity contribution < 1.29 is 8.42 Å². The highest BCUT2D eigenvalue weighted by Gasteiger charge is 2.21. The minimum absolute atomic E-state index is 0.142. The first-order valence-electron chi connectivity index (χ1n) is 5.10. The van der Waals surface area contributed by atoms with Crippen LogP contribution < -0.4 is 0 Å². The van der Waals surface area contributed by atoms with Crippen molar-refractivity contribution in [2.45, 2.75) is 4.90 Å². The largest absolute Gasteiger partial charge is 0.261 e. The maximum Gasteiger partial charge on any atom is 0.261 e. The molecule has 0 amide bonds. The molecule has 0 bridgehead atoms. The molecule has 0 saturated heterocycles. The Morgan fingerprint density at radius 2 is 1.45 bits per heavy atom. The standard InChI is InChI=1S/C12H5Cl5O2S/c13-6-1-2-7(10(5-6)20(17,18)19)11-8(14)3-4-9(15)12(11)16/h1-5H. The molecule has 2 aromatic carbocycles. The molecule has 0 fully saturated rings. The van der Waals surface area contributed by atoms with Crippen molar-refractivity contribution in [1.29, 1.82) is 0 Å². The normalized spacial score (nSPS) is 11.7. The van der Waals surface area contributed by atoms with Crippen LogP contribution in [-0.4, -0.2) is 8.42 Å². The molecule has 0 aliphatic rings. The van der Waals surface area contributed by atoms with Gasteiger partial charge in [0, 0.05) is 26.8 Å². The summed E-state index contributed by atoms with van der Waals surface area (Å²) in [7, 11) is 1.40. The highest BCUT2D eigenvalue weighted by molar-refractivity contribution is 8.13. The second-order valence-electron chi connectivity index (χ2n) is 3.80. The van der Waals surface area contributed by atoms with Crippen LogP contribution in [0.4, 0.5) is 0 Å². The van der Waals surface area contributed by atoms with E-state index in [4.69, 9.17) is 57.1 Å². The SMILES string of the molecule is O=S(=O)(Cl)c1cc(Cl)ccc1-c1c(Cl)ccc(Cl)c1Cl. The van der Waals surface area contributed by atoms with Crippen molar-refractivity contribution in [3.05, 3.63) is 50.4 Å². The van der Waals surface area contributed by atoms with Crippen LogP contribution in [0.25, 0.3) is 11.1 Å². The average molecular weight is 391 g/mol. The first kappa shape index (κ1) is 16.2. The molecule has 8 heteroatoms. The van der Waals surface area contributed by atoms with Gasteiger partial charge in [0.2, 0.25) is 0 Å². The lowest BCUT2D eigenvalue weighted by atomic mass is 10.1. The summed E-state index contributed by atoms with van der Waals surface area (Å²) in [5, 5.41) is 0.868. The molecule has 0 N–H and O–H groups in total. The van der Waals surface area contributed by atoms with Gasteiger partial charge in [-0.15, -0.1) is 0 Å². The van der Waals surface area contributed by atoms with Crippen molar-refractivity contribution in [2.75, 3.05) is 0 Å². The Kier molecular flexibility index (Phi) is 4.80. The third-order valence-corrected chi connectivity index (χ3v) is 5.24. The molecule has 20 heavy (non-hydrogen) atoms. The van der Waals surface area contributed by atoms with Gasteiger partial charge in [-0.05, 0) is 24.3 Å². The Morgan fingerprint density at radius 3 is 2.05 bits per heavy atom. The van der Waals surface area contributed by atoms with Crippen LogP contribution in [0.1, 0.15) is 0 Å². The lowest BCUT2D eigenvalue weighted by Gasteiger charge is -2.12. The first-order valence-corrected chi connectivity index (χ1v) is 8.92. The summed E-state index contributed by atoms with van der Waals surface area (Å²) in [6.45, 7) is 0. The average Bonchev–Trinajstić information content (AvgIpc) is 2.35. The summed E-state index contributed by atoms with van der Waals surface area (Å²) in [5.74, 6) is 0. The molecule has 0 unspecified atom stereocenters. The molecular formula is C12H5Cl5O2S. The van der Waals surface area contributed by atoms with Crippen LogP contribution in [0.2, 0.25) is 20.1 Å². The van der Waals surface area contributed by atoms with Crippen LogP contribution in [0.15, 0.2) is 35.2 Å². The fraction of sp³-hybridized carbons (Fsp3) is 0. The predicted molar refractivity (Wildman–Crippen MR) is 85.0 cm³/mol. The van der Waals surface area contributed by atoms with E-state index in [0.29, 0.717) is 0 Å². The first-order chi connectivity index (χ1) is 9.21. The van der Waals surface area contributed by atoms with Gasteiger partial charge in [0.05, 0.1) is 20.0 Å². The van der Waals surface area contributed by atoms with Crippen molar-refractivity contribution in [2.24, 2.45) is 0 Å². The molecule has 2 rings (SSSR count). The van der Waals surface area contributed by atoms with Gasteiger partial charge in [-0.25, -0.2) is 8.42 Å². The Hall–Kier alpha value is -0.160. The van der Waals surface area contributed by atoms with E-state index in [-0.39, 0.29) is 36.1 Å². The van der Waals surface area contributed by atoms with Crippen LogP contribution >= 0.6 is 57.1 Å².